The number of hydrogen-bond acceptors (Lipinski definition) is 6. The number of likely N-dealkylation sites (N-methyl/N-ethyl adjacent to an activating group) is 1. The third-order valence-corrected chi connectivity index (χ3v) is 4.71. The molecule has 8 nitrogen and oxygen atoms in total. The number of amides is 1. The van der Waals surface area contributed by atoms with Gasteiger partial charge in [0, 0.05) is 24.7 Å². The standard InChI is InChI=1S/C19H23ClF3N7O/c1-3-13(11-26-17(25)7-6-16(24)19(21,22)23)29(2)18(31)14-10-12(20)4-5-15(14)30-27-8-9-28-30/h4-10,13,26H,3,11,24-25H2,1-2H3/b16-6-,17-7+. The van der Waals surface area contributed by atoms with Crippen molar-refractivity contribution in [3.05, 3.63) is 64.8 Å². The number of aromatic nitrogens is 3. The molecule has 0 spiro atoms. The highest BCUT2D eigenvalue weighted by atomic mass is 35.5. The Morgan fingerprint density at radius 2 is 1.94 bits per heavy atom. The highest BCUT2D eigenvalue weighted by molar-refractivity contribution is 6.31. The maximum atomic E-state index is 13.2. The van der Waals surface area contributed by atoms with Gasteiger partial charge in [-0.3, -0.25) is 4.79 Å². The van der Waals surface area contributed by atoms with Crippen molar-refractivity contribution in [1.29, 1.82) is 0 Å². The van der Waals surface area contributed by atoms with Gasteiger partial charge >= 0.3 is 6.18 Å². The Bertz CT molecular complexity index is 958. The summed E-state index contributed by atoms with van der Waals surface area (Å²) in [7, 11) is 1.61. The SMILES string of the molecule is CCC(CN/C(N)=C/C=C(\N)C(F)(F)F)N(C)C(=O)c1cc(Cl)ccc1-n1nccn1. The van der Waals surface area contributed by atoms with Gasteiger partial charge in [-0.25, -0.2) is 0 Å². The van der Waals surface area contributed by atoms with E-state index in [0.29, 0.717) is 28.8 Å². The number of nitrogens with one attached hydrogen (secondary N) is 1. The number of nitrogens with zero attached hydrogens (tertiary/aromatic N) is 4. The molecule has 31 heavy (non-hydrogen) atoms. The molecule has 1 aromatic heterocycles. The van der Waals surface area contributed by atoms with Crippen molar-refractivity contribution in [3.63, 3.8) is 0 Å². The number of halogens is 4. The molecule has 0 aliphatic rings. The largest absolute Gasteiger partial charge is 0.430 e. The van der Waals surface area contributed by atoms with Crippen molar-refractivity contribution < 1.29 is 18.0 Å². The van der Waals surface area contributed by atoms with Gasteiger partial charge in [-0.15, -0.1) is 0 Å². The smallest absolute Gasteiger partial charge is 0.395 e. The van der Waals surface area contributed by atoms with Crippen LogP contribution < -0.4 is 16.8 Å². The van der Waals surface area contributed by atoms with Crippen LogP contribution >= 0.6 is 11.6 Å². The van der Waals surface area contributed by atoms with E-state index in [1.807, 2.05) is 6.92 Å². The van der Waals surface area contributed by atoms with Crippen molar-refractivity contribution in [2.24, 2.45) is 11.5 Å². The molecule has 1 aromatic carbocycles. The van der Waals surface area contributed by atoms with Gasteiger partial charge < -0.3 is 21.7 Å². The summed E-state index contributed by atoms with van der Waals surface area (Å²) in [5.74, 6) is -0.345. The van der Waals surface area contributed by atoms with Gasteiger partial charge in [-0.2, -0.15) is 28.2 Å². The molecule has 0 fully saturated rings. The summed E-state index contributed by atoms with van der Waals surface area (Å²) in [5, 5.41) is 11.3. The van der Waals surface area contributed by atoms with E-state index in [2.05, 4.69) is 15.5 Å². The van der Waals surface area contributed by atoms with Crippen LogP contribution in [0, 0.1) is 0 Å². The fourth-order valence-electron chi connectivity index (χ4n) is 2.67. The molecule has 0 saturated heterocycles. The number of allylic oxidation sites excluding steroid dienone is 3. The lowest BCUT2D eigenvalue weighted by Crippen LogP contribution is -2.44. The molecule has 1 unspecified atom stereocenters. The summed E-state index contributed by atoms with van der Waals surface area (Å²) >= 11 is 6.08. The Labute approximate surface area is 182 Å². The number of nitrogens with two attached hydrogens (primary N) is 2. The third kappa shape index (κ3) is 6.38. The molecule has 0 saturated carbocycles. The summed E-state index contributed by atoms with van der Waals surface area (Å²) in [6.07, 6.45) is 0.594. The Morgan fingerprint density at radius 1 is 1.29 bits per heavy atom. The fourth-order valence-corrected chi connectivity index (χ4v) is 2.85. The van der Waals surface area contributed by atoms with Gasteiger partial charge in [0.1, 0.15) is 5.70 Å². The quantitative estimate of drug-likeness (QED) is 0.525. The van der Waals surface area contributed by atoms with E-state index in [0.717, 1.165) is 6.08 Å². The number of rotatable bonds is 8. The van der Waals surface area contributed by atoms with Crippen LogP contribution in [0.4, 0.5) is 13.2 Å². The minimum Gasteiger partial charge on any atom is -0.395 e. The number of alkyl halides is 3. The predicted molar refractivity (Wildman–Crippen MR) is 111 cm³/mol. The number of benzene rings is 1. The van der Waals surface area contributed by atoms with Crippen molar-refractivity contribution in [3.8, 4) is 5.69 Å². The molecule has 1 atom stereocenters. The van der Waals surface area contributed by atoms with E-state index in [9.17, 15) is 18.0 Å². The van der Waals surface area contributed by atoms with E-state index in [4.69, 9.17) is 23.1 Å². The lowest BCUT2D eigenvalue weighted by Gasteiger charge is -2.28. The van der Waals surface area contributed by atoms with Gasteiger partial charge in [0.2, 0.25) is 0 Å². The normalized spacial score (nSPS) is 13.7. The van der Waals surface area contributed by atoms with E-state index in [1.165, 1.54) is 28.2 Å². The molecule has 12 heteroatoms. The van der Waals surface area contributed by atoms with Gasteiger partial charge in [-0.05, 0) is 36.8 Å². The summed E-state index contributed by atoms with van der Waals surface area (Å²) in [6.45, 7) is 2.07. The second-order valence-electron chi connectivity index (χ2n) is 6.58. The number of hydrogen-bond donors (Lipinski definition) is 3. The average molecular weight is 458 g/mol. The van der Waals surface area contributed by atoms with Crippen LogP contribution in [0.2, 0.25) is 5.02 Å². The first kappa shape index (κ1) is 24.1. The van der Waals surface area contributed by atoms with E-state index in [1.54, 1.807) is 19.2 Å². The van der Waals surface area contributed by atoms with E-state index in [-0.39, 0.29) is 24.3 Å². The zero-order valence-corrected chi connectivity index (χ0v) is 17.7. The van der Waals surface area contributed by atoms with Crippen molar-refractivity contribution in [1.82, 2.24) is 25.2 Å². The fraction of sp³-hybridized carbons (Fsp3) is 0.316. The average Bonchev–Trinajstić information content (AvgIpc) is 3.25. The summed E-state index contributed by atoms with van der Waals surface area (Å²) in [6, 6.07) is 4.47. The van der Waals surface area contributed by atoms with Gasteiger partial charge in [0.05, 0.1) is 29.5 Å². The van der Waals surface area contributed by atoms with Crippen LogP contribution in [0.1, 0.15) is 23.7 Å². The number of carbonyl (C=O) groups is 1. The van der Waals surface area contributed by atoms with Gasteiger partial charge in [0.15, 0.2) is 0 Å². The van der Waals surface area contributed by atoms with E-state index >= 15 is 0 Å². The summed E-state index contributed by atoms with van der Waals surface area (Å²) in [4.78, 5) is 16.0. The molecule has 1 amide bonds. The first-order chi connectivity index (χ1) is 14.5. The lowest BCUT2D eigenvalue weighted by molar-refractivity contribution is -0.0926. The molecular weight excluding hydrogens is 435 g/mol. The van der Waals surface area contributed by atoms with Crippen LogP contribution in [-0.4, -0.2) is 51.6 Å². The van der Waals surface area contributed by atoms with Gasteiger partial charge in [0.25, 0.3) is 5.91 Å². The van der Waals surface area contributed by atoms with Crippen molar-refractivity contribution >= 4 is 17.5 Å². The van der Waals surface area contributed by atoms with E-state index < -0.39 is 11.9 Å². The maximum Gasteiger partial charge on any atom is 0.430 e. The van der Waals surface area contributed by atoms with Crippen molar-refractivity contribution in [2.45, 2.75) is 25.6 Å². The minimum absolute atomic E-state index is 0.0179. The maximum absolute atomic E-state index is 13.2. The highest BCUT2D eigenvalue weighted by Crippen LogP contribution is 2.22. The minimum atomic E-state index is -4.63. The Morgan fingerprint density at radius 3 is 2.52 bits per heavy atom. The van der Waals surface area contributed by atoms with Crippen LogP contribution in [-0.2, 0) is 0 Å². The second kappa shape index (κ2) is 10.2. The van der Waals surface area contributed by atoms with Crippen LogP contribution in [0.3, 0.4) is 0 Å². The molecule has 0 bridgehead atoms. The zero-order chi connectivity index (χ0) is 23.2. The van der Waals surface area contributed by atoms with Crippen LogP contribution in [0.25, 0.3) is 5.69 Å². The lowest BCUT2D eigenvalue weighted by atomic mass is 10.1. The molecule has 2 rings (SSSR count). The Kier molecular flexibility index (Phi) is 7.92. The zero-order valence-electron chi connectivity index (χ0n) is 16.9. The highest BCUT2D eigenvalue weighted by Gasteiger charge is 2.30. The molecule has 2 aromatic rings. The molecule has 0 aliphatic heterocycles. The molecule has 0 aliphatic carbocycles. The molecular formula is C19H23ClF3N7O. The first-order valence-electron chi connectivity index (χ1n) is 9.22. The topological polar surface area (TPSA) is 115 Å². The monoisotopic (exact) mass is 457 g/mol. The third-order valence-electron chi connectivity index (χ3n) is 4.47. The second-order valence-corrected chi connectivity index (χ2v) is 7.02. The molecule has 0 radical (unpaired) electrons. The Balaban J connectivity index is 2.15. The summed E-state index contributed by atoms with van der Waals surface area (Å²) in [5.41, 5.74) is 10.1. The van der Waals surface area contributed by atoms with Crippen LogP contribution in [0.15, 0.2) is 54.3 Å². The van der Waals surface area contributed by atoms with Crippen LogP contribution in [0.5, 0.6) is 0 Å². The van der Waals surface area contributed by atoms with Crippen molar-refractivity contribution in [2.75, 3.05) is 13.6 Å². The molecule has 168 valence electrons. The summed E-state index contributed by atoms with van der Waals surface area (Å²) < 4.78 is 37.3. The molecule has 1 heterocycles. The Hall–Kier alpha value is -3.21. The first-order valence-corrected chi connectivity index (χ1v) is 9.59. The number of carbonyl (C=O) groups excluding carboxylic acids is 1. The molecule has 5 N–H and O–H groups in total. The predicted octanol–water partition coefficient (Wildman–Crippen LogP) is 2.57. The van der Waals surface area contributed by atoms with Gasteiger partial charge in [-0.1, -0.05) is 18.5 Å².